The number of hydrogen-bond acceptors (Lipinski definition) is 2. The standard InChI is InChI=1S/C9H16ClNO/c1-8-2-4-9(11-12,5-3-8)6-7-10/h8H,2-7H2,1H3. The van der Waals surface area contributed by atoms with Crippen molar-refractivity contribution in [3.8, 4) is 0 Å². The van der Waals surface area contributed by atoms with Gasteiger partial charge in [0.25, 0.3) is 0 Å². The van der Waals surface area contributed by atoms with Gasteiger partial charge in [0, 0.05) is 5.88 Å². The number of hydrogen-bond donors (Lipinski definition) is 0. The normalized spacial score (nSPS) is 36.3. The first-order valence-electron chi connectivity index (χ1n) is 4.63. The highest BCUT2D eigenvalue weighted by Gasteiger charge is 2.34. The van der Waals surface area contributed by atoms with Crippen molar-refractivity contribution < 1.29 is 0 Å². The van der Waals surface area contributed by atoms with Crippen LogP contribution in [0.2, 0.25) is 0 Å². The van der Waals surface area contributed by atoms with Gasteiger partial charge in [-0.25, -0.2) is 0 Å². The Balaban J connectivity index is 2.50. The summed E-state index contributed by atoms with van der Waals surface area (Å²) in [4.78, 5) is 10.7. The van der Waals surface area contributed by atoms with Gasteiger partial charge < -0.3 is 0 Å². The third-order valence-corrected chi connectivity index (χ3v) is 3.15. The minimum absolute atomic E-state index is 0.311. The number of nitroso groups, excluding NO2 is 1. The molecular weight excluding hydrogens is 174 g/mol. The zero-order valence-electron chi connectivity index (χ0n) is 7.55. The Morgan fingerprint density at radius 1 is 1.50 bits per heavy atom. The predicted molar refractivity (Wildman–Crippen MR) is 51.5 cm³/mol. The van der Waals surface area contributed by atoms with E-state index in [9.17, 15) is 4.91 Å². The van der Waals surface area contributed by atoms with Crippen LogP contribution in [-0.4, -0.2) is 11.4 Å². The summed E-state index contributed by atoms with van der Waals surface area (Å²) in [5.74, 6) is 1.32. The second kappa shape index (κ2) is 4.22. The van der Waals surface area contributed by atoms with Crippen molar-refractivity contribution in [3.05, 3.63) is 4.91 Å². The van der Waals surface area contributed by atoms with E-state index in [0.29, 0.717) is 5.88 Å². The zero-order valence-corrected chi connectivity index (χ0v) is 8.31. The summed E-state index contributed by atoms with van der Waals surface area (Å²) in [6.45, 7) is 2.23. The minimum atomic E-state index is -0.311. The summed E-state index contributed by atoms with van der Waals surface area (Å²) in [7, 11) is 0. The van der Waals surface area contributed by atoms with Crippen LogP contribution in [0.5, 0.6) is 0 Å². The van der Waals surface area contributed by atoms with Gasteiger partial charge in [-0.3, -0.25) is 0 Å². The van der Waals surface area contributed by atoms with Crippen LogP contribution in [0.3, 0.4) is 0 Å². The SMILES string of the molecule is CC1CCC(CCCl)(N=O)CC1. The molecule has 70 valence electrons. The average Bonchev–Trinajstić information content (AvgIpc) is 2.10. The molecule has 0 radical (unpaired) electrons. The Bertz CT molecular complexity index is 153. The lowest BCUT2D eigenvalue weighted by molar-refractivity contribution is 0.240. The van der Waals surface area contributed by atoms with Crippen LogP contribution in [0.25, 0.3) is 0 Å². The van der Waals surface area contributed by atoms with E-state index in [1.165, 1.54) is 0 Å². The van der Waals surface area contributed by atoms with Crippen LogP contribution in [0.4, 0.5) is 0 Å². The van der Waals surface area contributed by atoms with Crippen molar-refractivity contribution in [1.29, 1.82) is 0 Å². The van der Waals surface area contributed by atoms with E-state index >= 15 is 0 Å². The molecular formula is C9H16ClNO. The highest BCUT2D eigenvalue weighted by molar-refractivity contribution is 6.17. The maximum absolute atomic E-state index is 10.7. The Morgan fingerprint density at radius 2 is 2.08 bits per heavy atom. The molecule has 1 aliphatic rings. The van der Waals surface area contributed by atoms with E-state index in [2.05, 4.69) is 12.1 Å². The smallest absolute Gasteiger partial charge is 0.104 e. The van der Waals surface area contributed by atoms with Gasteiger partial charge in [-0.05, 0) is 38.0 Å². The van der Waals surface area contributed by atoms with Crippen molar-refractivity contribution in [2.75, 3.05) is 5.88 Å². The molecule has 0 aliphatic heterocycles. The molecule has 0 amide bonds. The minimum Gasteiger partial charge on any atom is -0.150 e. The fourth-order valence-corrected chi connectivity index (χ4v) is 2.21. The Kier molecular flexibility index (Phi) is 3.51. The third-order valence-electron chi connectivity index (χ3n) is 2.96. The molecule has 0 spiro atoms. The van der Waals surface area contributed by atoms with Gasteiger partial charge in [-0.1, -0.05) is 12.1 Å². The second-order valence-electron chi connectivity index (χ2n) is 3.94. The van der Waals surface area contributed by atoms with E-state index in [1.807, 2.05) is 0 Å². The van der Waals surface area contributed by atoms with E-state index in [4.69, 9.17) is 11.6 Å². The van der Waals surface area contributed by atoms with E-state index < -0.39 is 0 Å². The monoisotopic (exact) mass is 189 g/mol. The first-order valence-corrected chi connectivity index (χ1v) is 5.16. The molecule has 0 unspecified atom stereocenters. The highest BCUT2D eigenvalue weighted by atomic mass is 35.5. The average molecular weight is 190 g/mol. The van der Waals surface area contributed by atoms with Crippen LogP contribution in [0.1, 0.15) is 39.0 Å². The molecule has 1 rings (SSSR count). The molecule has 1 saturated carbocycles. The van der Waals surface area contributed by atoms with Gasteiger partial charge in [0.1, 0.15) is 5.54 Å². The fourth-order valence-electron chi connectivity index (χ4n) is 1.86. The van der Waals surface area contributed by atoms with E-state index in [-0.39, 0.29) is 5.54 Å². The fraction of sp³-hybridized carbons (Fsp3) is 1.00. The maximum atomic E-state index is 10.7. The lowest BCUT2D eigenvalue weighted by Crippen LogP contribution is -2.31. The molecule has 0 N–H and O–H groups in total. The largest absolute Gasteiger partial charge is 0.150 e. The molecule has 0 aromatic carbocycles. The highest BCUT2D eigenvalue weighted by Crippen LogP contribution is 2.37. The summed E-state index contributed by atoms with van der Waals surface area (Å²) < 4.78 is 0. The molecule has 0 aromatic heterocycles. The van der Waals surface area contributed by atoms with Crippen LogP contribution in [0, 0.1) is 10.8 Å². The van der Waals surface area contributed by atoms with Crippen LogP contribution < -0.4 is 0 Å². The molecule has 0 bridgehead atoms. The summed E-state index contributed by atoms with van der Waals surface area (Å²) in [6, 6.07) is 0. The molecule has 3 heteroatoms. The summed E-state index contributed by atoms with van der Waals surface area (Å²) >= 11 is 5.64. The van der Waals surface area contributed by atoms with Crippen molar-refractivity contribution in [1.82, 2.24) is 0 Å². The maximum Gasteiger partial charge on any atom is 0.104 e. The van der Waals surface area contributed by atoms with Crippen LogP contribution in [-0.2, 0) is 0 Å². The number of rotatable bonds is 3. The van der Waals surface area contributed by atoms with Gasteiger partial charge in [-0.15, -0.1) is 11.6 Å². The number of alkyl halides is 1. The number of nitrogens with zero attached hydrogens (tertiary/aromatic N) is 1. The molecule has 0 saturated heterocycles. The predicted octanol–water partition coefficient (Wildman–Crippen LogP) is 3.33. The Hall–Kier alpha value is -0.110. The first kappa shape index (κ1) is 9.97. The Morgan fingerprint density at radius 3 is 2.50 bits per heavy atom. The van der Waals surface area contributed by atoms with Crippen LogP contribution >= 0.6 is 11.6 Å². The molecule has 2 nitrogen and oxygen atoms in total. The molecule has 0 heterocycles. The van der Waals surface area contributed by atoms with E-state index in [1.54, 1.807) is 0 Å². The third kappa shape index (κ3) is 2.19. The van der Waals surface area contributed by atoms with Crippen LogP contribution in [0.15, 0.2) is 5.18 Å². The van der Waals surface area contributed by atoms with Gasteiger partial charge in [0.05, 0.1) is 0 Å². The first-order chi connectivity index (χ1) is 5.72. The van der Waals surface area contributed by atoms with Crippen molar-refractivity contribution in [3.63, 3.8) is 0 Å². The summed E-state index contributed by atoms with van der Waals surface area (Å²) in [5, 5.41) is 3.27. The molecule has 12 heavy (non-hydrogen) atoms. The Labute approximate surface area is 78.7 Å². The second-order valence-corrected chi connectivity index (χ2v) is 4.32. The van der Waals surface area contributed by atoms with Crippen molar-refractivity contribution >= 4 is 11.6 Å². The van der Waals surface area contributed by atoms with Crippen molar-refractivity contribution in [2.45, 2.75) is 44.6 Å². The quantitative estimate of drug-likeness (QED) is 0.495. The van der Waals surface area contributed by atoms with E-state index in [0.717, 1.165) is 38.0 Å². The molecule has 0 atom stereocenters. The molecule has 0 aromatic rings. The van der Waals surface area contributed by atoms with Gasteiger partial charge >= 0.3 is 0 Å². The summed E-state index contributed by atoms with van der Waals surface area (Å²) in [5.41, 5.74) is -0.311. The number of halogens is 1. The lowest BCUT2D eigenvalue weighted by Gasteiger charge is -2.32. The zero-order chi connectivity index (χ0) is 9.03. The van der Waals surface area contributed by atoms with Crippen molar-refractivity contribution in [2.24, 2.45) is 11.1 Å². The van der Waals surface area contributed by atoms with Gasteiger partial charge in [0.15, 0.2) is 0 Å². The lowest BCUT2D eigenvalue weighted by atomic mass is 9.76. The van der Waals surface area contributed by atoms with Gasteiger partial charge in [-0.2, -0.15) is 4.91 Å². The summed E-state index contributed by atoms with van der Waals surface area (Å²) in [6.07, 6.45) is 4.88. The van der Waals surface area contributed by atoms with Gasteiger partial charge in [0.2, 0.25) is 0 Å². The topological polar surface area (TPSA) is 29.4 Å². The molecule has 1 aliphatic carbocycles. The molecule has 1 fully saturated rings.